The molecule has 2 aromatic rings. The summed E-state index contributed by atoms with van der Waals surface area (Å²) in [5.74, 6) is 0.302. The minimum atomic E-state index is 0.0976. The molecule has 0 N–H and O–H groups in total. The van der Waals surface area contributed by atoms with E-state index in [1.807, 2.05) is 59.1 Å². The molecule has 0 radical (unpaired) electrons. The van der Waals surface area contributed by atoms with Crippen molar-refractivity contribution in [3.63, 3.8) is 0 Å². The van der Waals surface area contributed by atoms with Gasteiger partial charge in [0.2, 0.25) is 5.91 Å². The van der Waals surface area contributed by atoms with Crippen molar-refractivity contribution in [2.75, 3.05) is 26.2 Å². The molecule has 0 atom stereocenters. The van der Waals surface area contributed by atoms with E-state index in [1.54, 1.807) is 6.92 Å². The van der Waals surface area contributed by atoms with E-state index in [2.05, 4.69) is 4.90 Å². The van der Waals surface area contributed by atoms with E-state index < -0.39 is 0 Å². The number of ketones is 1. The van der Waals surface area contributed by atoms with Crippen LogP contribution in [-0.4, -0.2) is 52.2 Å². The zero-order valence-corrected chi connectivity index (χ0v) is 15.6. The Morgan fingerprint density at radius 2 is 1.81 bits per heavy atom. The van der Waals surface area contributed by atoms with E-state index in [-0.39, 0.29) is 11.7 Å². The summed E-state index contributed by atoms with van der Waals surface area (Å²) in [5.41, 5.74) is 2.97. The van der Waals surface area contributed by atoms with Gasteiger partial charge in [0.05, 0.1) is 6.42 Å². The van der Waals surface area contributed by atoms with Gasteiger partial charge in [-0.25, -0.2) is 0 Å². The lowest BCUT2D eigenvalue weighted by Crippen LogP contribution is -2.36. The number of nitrogens with zero attached hydrogens (tertiary/aromatic N) is 3. The van der Waals surface area contributed by atoms with Gasteiger partial charge in [0.1, 0.15) is 0 Å². The Morgan fingerprint density at radius 3 is 2.50 bits per heavy atom. The smallest absolute Gasteiger partial charge is 0.227 e. The molecule has 0 saturated carbocycles. The Kier molecular flexibility index (Phi) is 5.89. The summed E-state index contributed by atoms with van der Waals surface area (Å²) < 4.78 is 2.03. The first-order chi connectivity index (χ1) is 12.5. The zero-order chi connectivity index (χ0) is 18.5. The lowest BCUT2D eigenvalue weighted by molar-refractivity contribution is -0.130. The molecular weight excluding hydrogens is 326 g/mol. The topological polar surface area (TPSA) is 45.6 Å². The first kappa shape index (κ1) is 18.4. The number of aromatic nitrogens is 1. The maximum absolute atomic E-state index is 12.6. The molecule has 0 bridgehead atoms. The highest BCUT2D eigenvalue weighted by molar-refractivity contribution is 5.94. The molecule has 1 amide bonds. The highest BCUT2D eigenvalue weighted by Crippen LogP contribution is 2.14. The van der Waals surface area contributed by atoms with Crippen molar-refractivity contribution >= 4 is 11.7 Å². The molecule has 26 heavy (non-hydrogen) atoms. The molecule has 1 aromatic heterocycles. The van der Waals surface area contributed by atoms with Crippen LogP contribution in [0.25, 0.3) is 0 Å². The van der Waals surface area contributed by atoms with E-state index in [9.17, 15) is 9.59 Å². The third-order valence-electron chi connectivity index (χ3n) is 5.04. The summed E-state index contributed by atoms with van der Waals surface area (Å²) in [7, 11) is 1.98. The SMILES string of the molecule is CC(=O)c1cc(CN2CCCN(C(=O)Cc3ccccc3)CC2)n(C)c1. The van der Waals surface area contributed by atoms with Crippen LogP contribution in [0.1, 0.15) is 35.0 Å². The first-order valence-electron chi connectivity index (χ1n) is 9.23. The molecule has 1 aromatic carbocycles. The molecule has 3 rings (SSSR count). The predicted molar refractivity (Wildman–Crippen MR) is 102 cm³/mol. The van der Waals surface area contributed by atoms with Crippen molar-refractivity contribution in [1.29, 1.82) is 0 Å². The maximum Gasteiger partial charge on any atom is 0.227 e. The van der Waals surface area contributed by atoms with Crippen LogP contribution in [0.2, 0.25) is 0 Å². The fourth-order valence-electron chi connectivity index (χ4n) is 3.45. The monoisotopic (exact) mass is 353 g/mol. The van der Waals surface area contributed by atoms with Crippen LogP contribution >= 0.6 is 0 Å². The van der Waals surface area contributed by atoms with E-state index in [1.165, 1.54) is 0 Å². The largest absolute Gasteiger partial charge is 0.353 e. The highest BCUT2D eigenvalue weighted by Gasteiger charge is 2.20. The van der Waals surface area contributed by atoms with Gasteiger partial charge in [-0.15, -0.1) is 0 Å². The van der Waals surface area contributed by atoms with Gasteiger partial charge in [0.15, 0.2) is 5.78 Å². The second-order valence-corrected chi connectivity index (χ2v) is 7.06. The summed E-state index contributed by atoms with van der Waals surface area (Å²) in [4.78, 5) is 28.5. The number of rotatable bonds is 5. The molecule has 0 spiro atoms. The summed E-state index contributed by atoms with van der Waals surface area (Å²) in [5, 5.41) is 0. The van der Waals surface area contributed by atoms with E-state index in [0.29, 0.717) is 6.42 Å². The number of benzene rings is 1. The van der Waals surface area contributed by atoms with Gasteiger partial charge in [0.25, 0.3) is 0 Å². The van der Waals surface area contributed by atoms with E-state index in [0.717, 1.165) is 56.0 Å². The Morgan fingerprint density at radius 1 is 1.04 bits per heavy atom. The number of aryl methyl sites for hydroxylation is 1. The lowest BCUT2D eigenvalue weighted by atomic mass is 10.1. The summed E-state index contributed by atoms with van der Waals surface area (Å²) in [6.45, 7) is 5.81. The number of hydrogen-bond acceptors (Lipinski definition) is 3. The van der Waals surface area contributed by atoms with Gasteiger partial charge >= 0.3 is 0 Å². The summed E-state index contributed by atoms with van der Waals surface area (Å²) >= 11 is 0. The predicted octanol–water partition coefficient (Wildman–Crippen LogP) is 2.50. The molecule has 5 heteroatoms. The van der Waals surface area contributed by atoms with Crippen molar-refractivity contribution in [2.45, 2.75) is 26.3 Å². The van der Waals surface area contributed by atoms with E-state index >= 15 is 0 Å². The zero-order valence-electron chi connectivity index (χ0n) is 15.6. The molecular formula is C21H27N3O2. The van der Waals surface area contributed by atoms with Crippen LogP contribution in [0.3, 0.4) is 0 Å². The van der Waals surface area contributed by atoms with Crippen LogP contribution in [0.15, 0.2) is 42.6 Å². The minimum absolute atomic E-state index is 0.0976. The average Bonchev–Trinajstić information content (AvgIpc) is 2.84. The number of amides is 1. The number of carbonyl (C=O) groups is 2. The highest BCUT2D eigenvalue weighted by atomic mass is 16.2. The van der Waals surface area contributed by atoms with Gasteiger partial charge in [-0.3, -0.25) is 14.5 Å². The van der Waals surface area contributed by atoms with Crippen LogP contribution in [0.5, 0.6) is 0 Å². The molecule has 1 saturated heterocycles. The second-order valence-electron chi connectivity index (χ2n) is 7.06. The Labute approximate surface area is 155 Å². The lowest BCUT2D eigenvalue weighted by Gasteiger charge is -2.22. The minimum Gasteiger partial charge on any atom is -0.353 e. The summed E-state index contributed by atoms with van der Waals surface area (Å²) in [6, 6.07) is 11.9. The molecule has 0 aliphatic carbocycles. The third-order valence-corrected chi connectivity index (χ3v) is 5.04. The van der Waals surface area contributed by atoms with Gasteiger partial charge in [-0.1, -0.05) is 30.3 Å². The molecule has 2 heterocycles. The van der Waals surface area contributed by atoms with E-state index in [4.69, 9.17) is 0 Å². The van der Waals surface area contributed by atoms with Crippen LogP contribution < -0.4 is 0 Å². The van der Waals surface area contributed by atoms with Crippen molar-refractivity contribution in [3.05, 3.63) is 59.4 Å². The third kappa shape index (κ3) is 4.61. The van der Waals surface area contributed by atoms with Gasteiger partial charge < -0.3 is 9.47 Å². The van der Waals surface area contributed by atoms with Gasteiger partial charge in [0, 0.05) is 57.2 Å². The van der Waals surface area contributed by atoms with Gasteiger partial charge in [-0.2, -0.15) is 0 Å². The quantitative estimate of drug-likeness (QED) is 0.776. The number of carbonyl (C=O) groups excluding carboxylic acids is 2. The van der Waals surface area contributed by atoms with Crippen molar-refractivity contribution < 1.29 is 9.59 Å². The standard InChI is InChI=1S/C21H27N3O2/c1-17(25)19-14-20(22(2)15-19)16-23-9-6-10-24(12-11-23)21(26)13-18-7-4-3-5-8-18/h3-5,7-8,14-15H,6,9-13,16H2,1-2H3. The van der Waals surface area contributed by atoms with Crippen molar-refractivity contribution in [3.8, 4) is 0 Å². The number of Topliss-reactive ketones (excluding diaryl/α,β-unsaturated/α-hetero) is 1. The normalized spacial score (nSPS) is 15.7. The van der Waals surface area contributed by atoms with Gasteiger partial charge in [-0.05, 0) is 25.0 Å². The maximum atomic E-state index is 12.6. The Balaban J connectivity index is 1.56. The first-order valence-corrected chi connectivity index (χ1v) is 9.23. The molecule has 0 unspecified atom stereocenters. The van der Waals surface area contributed by atoms with Crippen LogP contribution in [-0.2, 0) is 24.8 Å². The Bertz CT molecular complexity index is 767. The van der Waals surface area contributed by atoms with Crippen molar-refractivity contribution in [1.82, 2.24) is 14.4 Å². The van der Waals surface area contributed by atoms with Crippen LogP contribution in [0, 0.1) is 0 Å². The Hall–Kier alpha value is -2.40. The molecule has 1 aliphatic rings. The second kappa shape index (κ2) is 8.32. The van der Waals surface area contributed by atoms with Crippen molar-refractivity contribution in [2.24, 2.45) is 7.05 Å². The average molecular weight is 353 g/mol. The number of hydrogen-bond donors (Lipinski definition) is 0. The molecule has 1 fully saturated rings. The molecule has 5 nitrogen and oxygen atoms in total. The molecule has 1 aliphatic heterocycles. The fourth-order valence-corrected chi connectivity index (χ4v) is 3.45. The molecule has 138 valence electrons. The fraction of sp³-hybridized carbons (Fsp3) is 0.429. The van der Waals surface area contributed by atoms with Crippen LogP contribution in [0.4, 0.5) is 0 Å². The summed E-state index contributed by atoms with van der Waals surface area (Å²) in [6.07, 6.45) is 3.34.